The standard InChI is InChI=1S/C16H14O8S/c1-2-23-10-4-3-5-11(8-10)24-16(19)13-7-6-12(25(20,21)22)9-14(13)15(17)18/h3-9H,2H2,1H3,(H,17,18)(H,20,21,22). The first-order valence-corrected chi connectivity index (χ1v) is 8.46. The van der Waals surface area contributed by atoms with E-state index in [4.69, 9.17) is 14.0 Å². The molecule has 0 radical (unpaired) electrons. The van der Waals surface area contributed by atoms with E-state index in [1.54, 1.807) is 19.1 Å². The van der Waals surface area contributed by atoms with E-state index in [2.05, 4.69) is 0 Å². The highest BCUT2D eigenvalue weighted by Crippen LogP contribution is 2.22. The van der Waals surface area contributed by atoms with Crippen LogP contribution in [0.15, 0.2) is 47.4 Å². The van der Waals surface area contributed by atoms with Crippen LogP contribution in [0.2, 0.25) is 0 Å². The van der Waals surface area contributed by atoms with Crippen molar-refractivity contribution in [2.45, 2.75) is 11.8 Å². The lowest BCUT2D eigenvalue weighted by atomic mass is 10.1. The predicted octanol–water partition coefficient (Wildman–Crippen LogP) is 2.25. The van der Waals surface area contributed by atoms with E-state index >= 15 is 0 Å². The van der Waals surface area contributed by atoms with Crippen molar-refractivity contribution in [1.82, 2.24) is 0 Å². The van der Waals surface area contributed by atoms with Gasteiger partial charge >= 0.3 is 11.9 Å². The summed E-state index contributed by atoms with van der Waals surface area (Å²) in [4.78, 5) is 22.9. The minimum atomic E-state index is -4.60. The third-order valence-electron chi connectivity index (χ3n) is 3.07. The molecule has 0 bridgehead atoms. The number of carboxylic acids is 1. The molecule has 25 heavy (non-hydrogen) atoms. The van der Waals surface area contributed by atoms with E-state index in [1.165, 1.54) is 12.1 Å². The number of hydrogen-bond acceptors (Lipinski definition) is 6. The van der Waals surface area contributed by atoms with E-state index in [9.17, 15) is 23.1 Å². The first-order chi connectivity index (χ1) is 11.7. The Labute approximate surface area is 143 Å². The molecule has 0 aromatic heterocycles. The fourth-order valence-electron chi connectivity index (χ4n) is 1.99. The zero-order valence-corrected chi connectivity index (χ0v) is 13.8. The molecule has 132 valence electrons. The lowest BCUT2D eigenvalue weighted by molar-refractivity contribution is 0.0667. The maximum atomic E-state index is 12.2. The summed E-state index contributed by atoms with van der Waals surface area (Å²) in [6.07, 6.45) is 0. The molecule has 2 rings (SSSR count). The SMILES string of the molecule is CCOc1cccc(OC(=O)c2ccc(S(=O)(=O)O)cc2C(=O)O)c1. The molecule has 0 aliphatic rings. The average molecular weight is 366 g/mol. The van der Waals surface area contributed by atoms with Crippen molar-refractivity contribution in [3.63, 3.8) is 0 Å². The van der Waals surface area contributed by atoms with Gasteiger partial charge in [0, 0.05) is 6.07 Å². The lowest BCUT2D eigenvalue weighted by Crippen LogP contribution is -2.15. The highest BCUT2D eigenvalue weighted by molar-refractivity contribution is 7.85. The molecule has 0 saturated heterocycles. The summed E-state index contributed by atoms with van der Waals surface area (Å²) in [6, 6.07) is 8.74. The molecule has 0 spiro atoms. The van der Waals surface area contributed by atoms with E-state index in [0.717, 1.165) is 12.1 Å². The second-order valence-electron chi connectivity index (χ2n) is 4.79. The van der Waals surface area contributed by atoms with E-state index < -0.39 is 32.5 Å². The van der Waals surface area contributed by atoms with Gasteiger partial charge in [-0.05, 0) is 37.3 Å². The predicted molar refractivity (Wildman–Crippen MR) is 85.8 cm³/mol. The van der Waals surface area contributed by atoms with Crippen LogP contribution >= 0.6 is 0 Å². The second-order valence-corrected chi connectivity index (χ2v) is 6.21. The lowest BCUT2D eigenvalue weighted by Gasteiger charge is -2.09. The highest BCUT2D eigenvalue weighted by Gasteiger charge is 2.22. The summed E-state index contributed by atoms with van der Waals surface area (Å²) < 4.78 is 41.6. The third-order valence-corrected chi connectivity index (χ3v) is 3.92. The van der Waals surface area contributed by atoms with Crippen LogP contribution in [0.3, 0.4) is 0 Å². The monoisotopic (exact) mass is 366 g/mol. The summed E-state index contributed by atoms with van der Waals surface area (Å²) in [5, 5.41) is 9.18. The first kappa shape index (κ1) is 18.4. The molecule has 0 aliphatic heterocycles. The van der Waals surface area contributed by atoms with Crippen LogP contribution in [-0.2, 0) is 10.1 Å². The Balaban J connectivity index is 2.36. The van der Waals surface area contributed by atoms with Gasteiger partial charge in [-0.3, -0.25) is 4.55 Å². The van der Waals surface area contributed by atoms with Crippen LogP contribution in [0.25, 0.3) is 0 Å². The zero-order chi connectivity index (χ0) is 18.6. The van der Waals surface area contributed by atoms with Crippen LogP contribution < -0.4 is 9.47 Å². The second kappa shape index (κ2) is 7.32. The van der Waals surface area contributed by atoms with Gasteiger partial charge in [0.1, 0.15) is 11.5 Å². The minimum absolute atomic E-state index is 0.131. The Kier molecular flexibility index (Phi) is 5.40. The average Bonchev–Trinajstić information content (AvgIpc) is 2.54. The molecule has 0 saturated carbocycles. The summed E-state index contributed by atoms with van der Waals surface area (Å²) in [5.74, 6) is -1.94. The van der Waals surface area contributed by atoms with Gasteiger partial charge in [-0.1, -0.05) is 6.07 Å². The molecule has 2 aromatic rings. The van der Waals surface area contributed by atoms with Crippen molar-refractivity contribution in [2.75, 3.05) is 6.61 Å². The van der Waals surface area contributed by atoms with Crippen molar-refractivity contribution in [3.8, 4) is 11.5 Å². The number of aromatic carboxylic acids is 1. The van der Waals surface area contributed by atoms with Gasteiger partial charge in [0.15, 0.2) is 0 Å². The van der Waals surface area contributed by atoms with Crippen molar-refractivity contribution < 1.29 is 37.1 Å². The largest absolute Gasteiger partial charge is 0.494 e. The van der Waals surface area contributed by atoms with Gasteiger partial charge in [-0.25, -0.2) is 9.59 Å². The molecule has 0 heterocycles. The Hall–Kier alpha value is -2.91. The quantitative estimate of drug-likeness (QED) is 0.453. The molecular formula is C16H14O8S. The Morgan fingerprint density at radius 2 is 1.72 bits per heavy atom. The zero-order valence-electron chi connectivity index (χ0n) is 13.0. The van der Waals surface area contributed by atoms with Gasteiger partial charge in [0.05, 0.1) is 22.6 Å². The Morgan fingerprint density at radius 3 is 2.32 bits per heavy atom. The van der Waals surface area contributed by atoms with Crippen LogP contribution in [-0.4, -0.2) is 36.6 Å². The van der Waals surface area contributed by atoms with Gasteiger partial charge in [-0.15, -0.1) is 0 Å². The molecule has 2 aromatic carbocycles. The molecule has 0 amide bonds. The molecule has 9 heteroatoms. The molecule has 0 fully saturated rings. The Bertz CT molecular complexity index is 917. The van der Waals surface area contributed by atoms with E-state index in [1.807, 2.05) is 0 Å². The van der Waals surface area contributed by atoms with Crippen LogP contribution in [0, 0.1) is 0 Å². The van der Waals surface area contributed by atoms with Gasteiger partial charge in [0.2, 0.25) is 0 Å². The van der Waals surface area contributed by atoms with Crippen molar-refractivity contribution >= 4 is 22.1 Å². The molecule has 0 atom stereocenters. The number of hydrogen-bond donors (Lipinski definition) is 2. The highest BCUT2D eigenvalue weighted by atomic mass is 32.2. The summed E-state index contributed by atoms with van der Waals surface area (Å²) >= 11 is 0. The van der Waals surface area contributed by atoms with Crippen molar-refractivity contribution in [2.24, 2.45) is 0 Å². The van der Waals surface area contributed by atoms with Gasteiger partial charge in [-0.2, -0.15) is 8.42 Å². The number of esters is 1. The third kappa shape index (κ3) is 4.55. The first-order valence-electron chi connectivity index (χ1n) is 7.02. The maximum Gasteiger partial charge on any atom is 0.344 e. The Morgan fingerprint density at radius 1 is 1.04 bits per heavy atom. The van der Waals surface area contributed by atoms with Gasteiger partial charge < -0.3 is 14.6 Å². The normalized spacial score (nSPS) is 11.0. The minimum Gasteiger partial charge on any atom is -0.494 e. The fraction of sp³-hybridized carbons (Fsp3) is 0.125. The summed E-state index contributed by atoms with van der Waals surface area (Å²) in [6.45, 7) is 2.20. The van der Waals surface area contributed by atoms with Crippen molar-refractivity contribution in [1.29, 1.82) is 0 Å². The maximum absolute atomic E-state index is 12.2. The van der Waals surface area contributed by atoms with Crippen LogP contribution in [0.1, 0.15) is 27.6 Å². The number of ether oxygens (including phenoxy) is 2. The number of rotatable bonds is 6. The fourth-order valence-corrected chi connectivity index (χ4v) is 2.50. The number of carbonyl (C=O) groups is 2. The smallest absolute Gasteiger partial charge is 0.344 e. The number of carbonyl (C=O) groups excluding carboxylic acids is 1. The molecule has 2 N–H and O–H groups in total. The van der Waals surface area contributed by atoms with Crippen LogP contribution in [0.5, 0.6) is 11.5 Å². The van der Waals surface area contributed by atoms with Crippen molar-refractivity contribution in [3.05, 3.63) is 53.6 Å². The van der Waals surface area contributed by atoms with E-state index in [0.29, 0.717) is 18.4 Å². The number of benzene rings is 2. The molecular weight excluding hydrogens is 352 g/mol. The van der Waals surface area contributed by atoms with Gasteiger partial charge in [0.25, 0.3) is 10.1 Å². The topological polar surface area (TPSA) is 127 Å². The molecule has 8 nitrogen and oxygen atoms in total. The van der Waals surface area contributed by atoms with Crippen LogP contribution in [0.4, 0.5) is 0 Å². The molecule has 0 aliphatic carbocycles. The summed E-state index contributed by atoms with van der Waals surface area (Å²) in [7, 11) is -4.60. The molecule has 0 unspecified atom stereocenters. The number of carboxylic acid groups (broad SMARTS) is 1. The summed E-state index contributed by atoms with van der Waals surface area (Å²) in [5.41, 5.74) is -0.970. The van der Waals surface area contributed by atoms with E-state index in [-0.39, 0.29) is 11.3 Å².